The fourth-order valence-corrected chi connectivity index (χ4v) is 6.67. The van der Waals surface area contributed by atoms with Gasteiger partial charge < -0.3 is 24.5 Å². The molecule has 0 bridgehead atoms. The molecule has 2 aliphatic heterocycles. The second-order valence-electron chi connectivity index (χ2n) is 10.5. The zero-order valence-corrected chi connectivity index (χ0v) is 24.0. The summed E-state index contributed by atoms with van der Waals surface area (Å²) < 4.78 is 78.9. The van der Waals surface area contributed by atoms with Crippen molar-refractivity contribution in [2.75, 3.05) is 23.9 Å². The molecule has 6 rings (SSSR count). The van der Waals surface area contributed by atoms with E-state index in [-0.39, 0.29) is 35.5 Å². The molecule has 16 heteroatoms. The number of benzene rings is 2. The van der Waals surface area contributed by atoms with Crippen LogP contribution in [0.2, 0.25) is 0 Å². The van der Waals surface area contributed by atoms with E-state index in [4.69, 9.17) is 14.9 Å². The predicted molar refractivity (Wildman–Crippen MR) is 150 cm³/mol. The Hall–Kier alpha value is -4.85. The number of nitriles is 1. The standard InChI is InChI=1S/C29H23F3N6O6S/c30-29(31,32)44-20-6-7-22(35-12-20)18-3-1-17(2-4-18)13-38-23-11-19(5-8-24(23)45(40,41)14-21(34)26(38)39)25-36-37-27(43-25)28(15-33)9-10-42-16-28/h1-8,11-12,21H,9-10,13-14,16,34H2/t21-,28?/m0/s1. The zero-order chi connectivity index (χ0) is 32.0. The fourth-order valence-electron chi connectivity index (χ4n) is 5.12. The van der Waals surface area contributed by atoms with Gasteiger partial charge in [-0.1, -0.05) is 24.3 Å². The topological polar surface area (TPSA) is 175 Å². The molecule has 1 fully saturated rings. The molecule has 2 atom stereocenters. The van der Waals surface area contributed by atoms with Gasteiger partial charge in [0.1, 0.15) is 5.75 Å². The molecule has 2 aromatic heterocycles. The van der Waals surface area contributed by atoms with Crippen molar-refractivity contribution < 1.29 is 40.3 Å². The van der Waals surface area contributed by atoms with Gasteiger partial charge in [0.2, 0.25) is 17.7 Å². The summed E-state index contributed by atoms with van der Waals surface area (Å²) in [5.41, 5.74) is 6.90. The van der Waals surface area contributed by atoms with E-state index in [0.29, 0.717) is 35.4 Å². The summed E-state index contributed by atoms with van der Waals surface area (Å²) in [5, 5.41) is 17.8. The predicted octanol–water partition coefficient (Wildman–Crippen LogP) is 3.53. The molecule has 4 aromatic rings. The van der Waals surface area contributed by atoms with Crippen LogP contribution in [0.25, 0.3) is 22.7 Å². The second-order valence-corrected chi connectivity index (χ2v) is 12.5. The van der Waals surface area contributed by atoms with Crippen molar-refractivity contribution in [3.8, 4) is 34.5 Å². The number of aromatic nitrogens is 3. The van der Waals surface area contributed by atoms with Gasteiger partial charge in [-0.2, -0.15) is 5.26 Å². The number of rotatable bonds is 6. The summed E-state index contributed by atoms with van der Waals surface area (Å²) in [6, 6.07) is 14.3. The molecule has 232 valence electrons. The van der Waals surface area contributed by atoms with Crippen molar-refractivity contribution in [1.29, 1.82) is 5.26 Å². The summed E-state index contributed by atoms with van der Waals surface area (Å²) >= 11 is 0. The Balaban J connectivity index is 1.31. The number of amides is 1. The van der Waals surface area contributed by atoms with Crippen molar-refractivity contribution in [3.63, 3.8) is 0 Å². The molecule has 0 aliphatic carbocycles. The average Bonchev–Trinajstić information content (AvgIpc) is 3.69. The first-order chi connectivity index (χ1) is 21.4. The van der Waals surface area contributed by atoms with Crippen molar-refractivity contribution in [3.05, 3.63) is 72.2 Å². The van der Waals surface area contributed by atoms with Gasteiger partial charge in [-0.25, -0.2) is 8.42 Å². The largest absolute Gasteiger partial charge is 0.573 e. The zero-order valence-electron chi connectivity index (χ0n) is 23.2. The van der Waals surface area contributed by atoms with Crippen LogP contribution < -0.4 is 15.4 Å². The van der Waals surface area contributed by atoms with Crippen molar-refractivity contribution >= 4 is 21.4 Å². The lowest BCUT2D eigenvalue weighted by atomic mass is 9.89. The molecule has 0 radical (unpaired) electrons. The number of carbonyl (C=O) groups is 1. The third kappa shape index (κ3) is 5.97. The molecule has 2 aromatic carbocycles. The Morgan fingerprint density at radius 2 is 1.87 bits per heavy atom. The molecule has 2 N–H and O–H groups in total. The minimum absolute atomic E-state index is 0.0242. The Labute approximate surface area is 254 Å². The Morgan fingerprint density at radius 1 is 1.11 bits per heavy atom. The highest BCUT2D eigenvalue weighted by Crippen LogP contribution is 2.37. The third-order valence-electron chi connectivity index (χ3n) is 7.44. The van der Waals surface area contributed by atoms with Crippen molar-refractivity contribution in [1.82, 2.24) is 15.2 Å². The molecule has 45 heavy (non-hydrogen) atoms. The van der Waals surface area contributed by atoms with Crippen LogP contribution in [0, 0.1) is 11.3 Å². The van der Waals surface area contributed by atoms with Crippen LogP contribution in [0.4, 0.5) is 18.9 Å². The molecule has 0 spiro atoms. The average molecular weight is 641 g/mol. The minimum Gasteiger partial charge on any atom is -0.419 e. The maximum absolute atomic E-state index is 13.5. The van der Waals surface area contributed by atoms with Crippen LogP contribution in [0.5, 0.6) is 5.75 Å². The summed E-state index contributed by atoms with van der Waals surface area (Å²) in [6.45, 7) is 0.398. The van der Waals surface area contributed by atoms with E-state index in [9.17, 15) is 31.6 Å². The number of fused-ring (bicyclic) bond motifs is 1. The molecule has 1 saturated heterocycles. The third-order valence-corrected chi connectivity index (χ3v) is 9.26. The number of nitrogens with zero attached hydrogens (tertiary/aromatic N) is 5. The van der Waals surface area contributed by atoms with E-state index in [2.05, 4.69) is 26.0 Å². The highest BCUT2D eigenvalue weighted by atomic mass is 32.2. The van der Waals surface area contributed by atoms with E-state index >= 15 is 0 Å². The van der Waals surface area contributed by atoms with Gasteiger partial charge in [0.05, 0.1) is 53.5 Å². The normalized spacial score (nSPS) is 21.2. The number of hydrogen-bond donors (Lipinski definition) is 1. The molecule has 12 nitrogen and oxygen atoms in total. The molecular formula is C29H23F3N6O6S. The molecule has 4 heterocycles. The van der Waals surface area contributed by atoms with Gasteiger partial charge in [-0.3, -0.25) is 9.78 Å². The van der Waals surface area contributed by atoms with E-state index in [1.165, 1.54) is 29.2 Å². The van der Waals surface area contributed by atoms with Gasteiger partial charge in [0, 0.05) is 24.2 Å². The van der Waals surface area contributed by atoms with E-state index in [0.717, 1.165) is 12.3 Å². The van der Waals surface area contributed by atoms with Crippen LogP contribution in [0.15, 0.2) is 70.1 Å². The van der Waals surface area contributed by atoms with E-state index in [1.807, 2.05) is 0 Å². The highest BCUT2D eigenvalue weighted by molar-refractivity contribution is 7.91. The van der Waals surface area contributed by atoms with E-state index in [1.54, 1.807) is 24.3 Å². The maximum atomic E-state index is 13.5. The van der Waals surface area contributed by atoms with Crippen molar-refractivity contribution in [2.45, 2.75) is 35.7 Å². The number of nitrogens with two attached hydrogens (primary N) is 1. The second kappa shape index (κ2) is 11.3. The first kappa shape index (κ1) is 30.2. The first-order valence-electron chi connectivity index (χ1n) is 13.5. The molecule has 2 aliphatic rings. The van der Waals surface area contributed by atoms with Crippen molar-refractivity contribution in [2.24, 2.45) is 5.73 Å². The number of hydrogen-bond acceptors (Lipinski definition) is 11. The molecule has 1 unspecified atom stereocenters. The number of sulfone groups is 1. The number of ether oxygens (including phenoxy) is 2. The summed E-state index contributed by atoms with van der Waals surface area (Å²) in [4.78, 5) is 18.6. The lowest BCUT2D eigenvalue weighted by Gasteiger charge is -2.24. The van der Waals surface area contributed by atoms with Gasteiger partial charge in [-0.15, -0.1) is 23.4 Å². The SMILES string of the molecule is N#CC1(c2nnc(-c3ccc4c(c3)N(Cc3ccc(-c5ccc(OC(F)(F)F)cn5)cc3)C(=O)[C@@H](N)CS4(=O)=O)o2)CCOC1. The smallest absolute Gasteiger partial charge is 0.419 e. The van der Waals surface area contributed by atoms with Crippen LogP contribution in [-0.4, -0.2) is 60.9 Å². The number of anilines is 1. The molecule has 1 amide bonds. The maximum Gasteiger partial charge on any atom is 0.573 e. The van der Waals surface area contributed by atoms with E-state index < -0.39 is 45.1 Å². The number of carbonyl (C=O) groups excluding carboxylic acids is 1. The number of alkyl halides is 3. The number of halogens is 3. The minimum atomic E-state index is -4.84. The monoisotopic (exact) mass is 640 g/mol. The summed E-state index contributed by atoms with van der Waals surface area (Å²) in [6.07, 6.45) is -3.51. The quantitative estimate of drug-likeness (QED) is 0.326. The summed E-state index contributed by atoms with van der Waals surface area (Å²) in [5.74, 6) is -1.58. The van der Waals surface area contributed by atoms with Crippen LogP contribution >= 0.6 is 0 Å². The van der Waals surface area contributed by atoms with Crippen LogP contribution in [0.1, 0.15) is 17.9 Å². The lowest BCUT2D eigenvalue weighted by molar-refractivity contribution is -0.274. The Kier molecular flexibility index (Phi) is 7.55. The summed E-state index contributed by atoms with van der Waals surface area (Å²) in [7, 11) is -3.97. The van der Waals surface area contributed by atoms with Gasteiger partial charge in [0.15, 0.2) is 15.3 Å². The lowest BCUT2D eigenvalue weighted by Crippen LogP contribution is -2.45. The van der Waals surface area contributed by atoms with Crippen LogP contribution in [0.3, 0.4) is 0 Å². The Bertz CT molecular complexity index is 1900. The van der Waals surface area contributed by atoms with Gasteiger partial charge in [0.25, 0.3) is 0 Å². The van der Waals surface area contributed by atoms with Gasteiger partial charge >= 0.3 is 6.36 Å². The fraction of sp³-hybridized carbons (Fsp3) is 0.276. The first-order valence-corrected chi connectivity index (χ1v) is 15.1. The number of pyridine rings is 1. The van der Waals surface area contributed by atoms with Gasteiger partial charge in [-0.05, 0) is 35.9 Å². The highest BCUT2D eigenvalue weighted by Gasteiger charge is 2.43. The Morgan fingerprint density at radius 3 is 2.51 bits per heavy atom. The molecule has 0 saturated carbocycles. The van der Waals surface area contributed by atoms with Crippen LogP contribution in [-0.2, 0) is 31.3 Å². The molecular weight excluding hydrogens is 617 g/mol.